The van der Waals surface area contributed by atoms with E-state index in [1.807, 2.05) is 0 Å². The molecule has 0 nitrogen and oxygen atoms in total. The maximum absolute atomic E-state index is 11.8. The molecule has 0 aromatic carbocycles. The standard InChI is InChI=1S/C7H9F2/c8-7(9)6-4-2-1-3-5-6/h4H,1-3,5H2. The third-order valence-electron chi connectivity index (χ3n) is 1.53. The van der Waals surface area contributed by atoms with Gasteiger partial charge in [0.15, 0.2) is 0 Å². The van der Waals surface area contributed by atoms with Crippen molar-refractivity contribution in [3.63, 3.8) is 0 Å². The normalized spacial score (nSPS) is 20.0. The Hall–Kier alpha value is -0.400. The summed E-state index contributed by atoms with van der Waals surface area (Å²) < 4.78 is 23.5. The van der Waals surface area contributed by atoms with Crippen LogP contribution in [0.3, 0.4) is 0 Å². The van der Waals surface area contributed by atoms with Gasteiger partial charge in [-0.25, -0.2) is 0 Å². The van der Waals surface area contributed by atoms with Gasteiger partial charge in [0.05, 0.1) is 0 Å². The van der Waals surface area contributed by atoms with Crippen LogP contribution in [-0.2, 0) is 0 Å². The summed E-state index contributed by atoms with van der Waals surface area (Å²) in [6.07, 6.45) is 3.53. The molecule has 1 aliphatic carbocycles. The molecule has 2 heteroatoms. The van der Waals surface area contributed by atoms with Crippen molar-refractivity contribution in [2.24, 2.45) is 0 Å². The molecule has 1 aliphatic rings. The molecule has 0 unspecified atom stereocenters. The lowest BCUT2D eigenvalue weighted by Gasteiger charge is -2.10. The molecule has 0 atom stereocenters. The first-order valence-corrected chi connectivity index (χ1v) is 3.18. The molecule has 0 bridgehead atoms. The van der Waals surface area contributed by atoms with Crippen molar-refractivity contribution in [3.05, 3.63) is 18.1 Å². The van der Waals surface area contributed by atoms with E-state index in [0.29, 0.717) is 6.42 Å². The van der Waals surface area contributed by atoms with Crippen LogP contribution >= 0.6 is 0 Å². The first-order chi connectivity index (χ1) is 4.30. The maximum atomic E-state index is 11.8. The Labute approximate surface area is 53.6 Å². The fourth-order valence-electron chi connectivity index (χ4n) is 1.01. The average molecular weight is 131 g/mol. The highest BCUT2D eigenvalue weighted by molar-refractivity contribution is 5.15. The Kier molecular flexibility index (Phi) is 2.20. The highest BCUT2D eigenvalue weighted by Gasteiger charge is 2.10. The molecule has 0 amide bonds. The van der Waals surface area contributed by atoms with Gasteiger partial charge in [-0.05, 0) is 31.3 Å². The van der Waals surface area contributed by atoms with Crippen molar-refractivity contribution in [2.45, 2.75) is 25.7 Å². The van der Waals surface area contributed by atoms with Gasteiger partial charge in [-0.1, -0.05) is 6.42 Å². The summed E-state index contributed by atoms with van der Waals surface area (Å²) in [5.74, 6) is 0. The minimum absolute atomic E-state index is 0.265. The van der Waals surface area contributed by atoms with Gasteiger partial charge in [0.25, 0.3) is 6.08 Å². The topological polar surface area (TPSA) is 0 Å². The highest BCUT2D eigenvalue weighted by atomic mass is 19.3. The van der Waals surface area contributed by atoms with Crippen LogP contribution in [0.25, 0.3) is 0 Å². The van der Waals surface area contributed by atoms with E-state index in [1.54, 1.807) is 6.42 Å². The molecule has 1 saturated carbocycles. The van der Waals surface area contributed by atoms with Crippen LogP contribution in [0, 0.1) is 6.42 Å². The lowest BCUT2D eigenvalue weighted by Crippen LogP contribution is -1.94. The van der Waals surface area contributed by atoms with Gasteiger partial charge in [-0.15, -0.1) is 0 Å². The zero-order chi connectivity index (χ0) is 6.69. The lowest BCUT2D eigenvalue weighted by molar-refractivity contribution is 0.403. The van der Waals surface area contributed by atoms with E-state index in [9.17, 15) is 8.78 Å². The van der Waals surface area contributed by atoms with Gasteiger partial charge in [0, 0.05) is 0 Å². The van der Waals surface area contributed by atoms with Crippen molar-refractivity contribution < 1.29 is 8.78 Å². The Morgan fingerprint density at radius 3 is 2.44 bits per heavy atom. The first kappa shape index (κ1) is 6.72. The first-order valence-electron chi connectivity index (χ1n) is 3.18. The van der Waals surface area contributed by atoms with Crippen LogP contribution < -0.4 is 0 Å². The van der Waals surface area contributed by atoms with Gasteiger partial charge in [-0.2, -0.15) is 8.78 Å². The molecule has 1 radical (unpaired) electrons. The second-order valence-corrected chi connectivity index (χ2v) is 2.24. The predicted molar refractivity (Wildman–Crippen MR) is 32.0 cm³/mol. The number of allylic oxidation sites excluding steroid dienone is 1. The van der Waals surface area contributed by atoms with Crippen molar-refractivity contribution in [1.82, 2.24) is 0 Å². The van der Waals surface area contributed by atoms with Gasteiger partial charge in [-0.3, -0.25) is 0 Å². The molecule has 0 saturated heterocycles. The third-order valence-corrected chi connectivity index (χ3v) is 1.53. The smallest absolute Gasteiger partial charge is 0.173 e. The molecule has 0 heterocycles. The second kappa shape index (κ2) is 2.95. The number of hydrogen-bond donors (Lipinski definition) is 0. The lowest BCUT2D eigenvalue weighted by atomic mass is 9.96. The Bertz CT molecular complexity index is 115. The predicted octanol–water partition coefficient (Wildman–Crippen LogP) is 2.92. The molecule has 1 fully saturated rings. The number of hydrogen-bond acceptors (Lipinski definition) is 0. The summed E-state index contributed by atoms with van der Waals surface area (Å²) >= 11 is 0. The summed E-state index contributed by atoms with van der Waals surface area (Å²) in [7, 11) is 0. The van der Waals surface area contributed by atoms with E-state index in [-0.39, 0.29) is 5.57 Å². The molecule has 0 N–H and O–H groups in total. The van der Waals surface area contributed by atoms with Crippen molar-refractivity contribution in [2.75, 3.05) is 0 Å². The second-order valence-electron chi connectivity index (χ2n) is 2.24. The molecule has 51 valence electrons. The highest BCUT2D eigenvalue weighted by Crippen LogP contribution is 2.25. The molecule has 0 aromatic rings. The van der Waals surface area contributed by atoms with Crippen LogP contribution in [-0.4, -0.2) is 0 Å². The summed E-state index contributed by atoms with van der Waals surface area (Å²) in [5, 5.41) is 0. The van der Waals surface area contributed by atoms with Gasteiger partial charge in [0.1, 0.15) is 0 Å². The quantitative estimate of drug-likeness (QED) is 0.474. The van der Waals surface area contributed by atoms with Gasteiger partial charge < -0.3 is 0 Å². The molecule has 9 heavy (non-hydrogen) atoms. The Balaban J connectivity index is 2.49. The van der Waals surface area contributed by atoms with E-state index in [2.05, 4.69) is 0 Å². The van der Waals surface area contributed by atoms with E-state index in [1.165, 1.54) is 0 Å². The SMILES string of the molecule is FC(F)=C1[CH]CCCC1. The fourth-order valence-corrected chi connectivity index (χ4v) is 1.01. The summed E-state index contributed by atoms with van der Waals surface area (Å²) in [4.78, 5) is 0. The minimum Gasteiger partial charge on any atom is -0.173 e. The summed E-state index contributed by atoms with van der Waals surface area (Å²) in [6, 6.07) is 0. The molecule has 0 aromatic heterocycles. The molecular weight excluding hydrogens is 122 g/mol. The van der Waals surface area contributed by atoms with Gasteiger partial charge >= 0.3 is 0 Å². The number of rotatable bonds is 0. The number of halogens is 2. The Morgan fingerprint density at radius 2 is 2.11 bits per heavy atom. The zero-order valence-electron chi connectivity index (χ0n) is 5.16. The Morgan fingerprint density at radius 1 is 1.33 bits per heavy atom. The van der Waals surface area contributed by atoms with E-state index < -0.39 is 6.08 Å². The molecule has 0 spiro atoms. The van der Waals surface area contributed by atoms with E-state index in [0.717, 1.165) is 19.3 Å². The fraction of sp³-hybridized carbons (Fsp3) is 0.571. The van der Waals surface area contributed by atoms with Crippen molar-refractivity contribution >= 4 is 0 Å². The molecule has 1 rings (SSSR count). The molecular formula is C7H9F2. The monoisotopic (exact) mass is 131 g/mol. The van der Waals surface area contributed by atoms with Crippen molar-refractivity contribution in [1.29, 1.82) is 0 Å². The average Bonchev–Trinajstić information content (AvgIpc) is 1.90. The maximum Gasteiger partial charge on any atom is 0.269 e. The van der Waals surface area contributed by atoms with Crippen LogP contribution in [0.5, 0.6) is 0 Å². The van der Waals surface area contributed by atoms with Crippen molar-refractivity contribution in [3.8, 4) is 0 Å². The van der Waals surface area contributed by atoms with Gasteiger partial charge in [0.2, 0.25) is 0 Å². The molecule has 0 aliphatic heterocycles. The zero-order valence-corrected chi connectivity index (χ0v) is 5.16. The van der Waals surface area contributed by atoms with Crippen LogP contribution in [0.1, 0.15) is 25.7 Å². The summed E-state index contributed by atoms with van der Waals surface area (Å²) in [5.41, 5.74) is 0.265. The third kappa shape index (κ3) is 1.77. The minimum atomic E-state index is -1.49. The summed E-state index contributed by atoms with van der Waals surface area (Å²) in [6.45, 7) is 0. The van der Waals surface area contributed by atoms with Crippen LogP contribution in [0.2, 0.25) is 0 Å². The van der Waals surface area contributed by atoms with Crippen LogP contribution in [0.4, 0.5) is 8.78 Å². The largest absolute Gasteiger partial charge is 0.269 e. The van der Waals surface area contributed by atoms with Crippen LogP contribution in [0.15, 0.2) is 11.7 Å². The van der Waals surface area contributed by atoms with E-state index >= 15 is 0 Å². The van der Waals surface area contributed by atoms with E-state index in [4.69, 9.17) is 0 Å².